The number of nitrogens with one attached hydrogen (secondary N) is 4. The molecule has 182 valence electrons. The molecule has 4 rings (SSSR count). The molecule has 1 aliphatic carbocycles. The highest BCUT2D eigenvalue weighted by Crippen LogP contribution is 2.46. The Hall–Kier alpha value is -1.12. The summed E-state index contributed by atoms with van der Waals surface area (Å²) in [4.78, 5) is 3.13. The standard InChI is InChI=1S/C21H36N4O7/c1-11-9-20(28,10-24-8-6-12-5-4-7-25-12)21(29)19(30-11)31-18-16(27)13(22-2)15(26)14(23-3)17(18)32-21/h4-5,7,11,13-19,22-29H,6,8-10H2,1-3H3/t11-,13-,14+,15+,16+,17-,18-,19+,20-,21-/m1/s1. The second-order valence-corrected chi connectivity index (χ2v) is 9.13. The smallest absolute Gasteiger partial charge is 0.249 e. The van der Waals surface area contributed by atoms with Crippen LogP contribution >= 0.6 is 0 Å². The van der Waals surface area contributed by atoms with Gasteiger partial charge in [0.2, 0.25) is 12.1 Å². The molecule has 0 aromatic carbocycles. The maximum absolute atomic E-state index is 11.6. The van der Waals surface area contributed by atoms with Crippen molar-refractivity contribution in [2.45, 2.75) is 80.0 Å². The number of aromatic nitrogens is 1. The molecular formula is C21H36N4O7. The number of aromatic amines is 1. The number of ether oxygens (including phenoxy) is 3. The number of aliphatic hydroxyl groups is 4. The van der Waals surface area contributed by atoms with Crippen molar-refractivity contribution >= 4 is 0 Å². The first-order chi connectivity index (χ1) is 15.2. The zero-order valence-corrected chi connectivity index (χ0v) is 18.7. The topological polar surface area (TPSA) is 160 Å². The van der Waals surface area contributed by atoms with Crippen LogP contribution in [0.1, 0.15) is 19.0 Å². The highest BCUT2D eigenvalue weighted by molar-refractivity contribution is 5.12. The Labute approximate surface area is 187 Å². The fourth-order valence-electron chi connectivity index (χ4n) is 5.27. The molecule has 1 aromatic heterocycles. The molecule has 3 heterocycles. The number of hydrogen-bond donors (Lipinski definition) is 8. The predicted octanol–water partition coefficient (Wildman–Crippen LogP) is -2.60. The quantitative estimate of drug-likeness (QED) is 0.204. The van der Waals surface area contributed by atoms with Crippen molar-refractivity contribution in [3.8, 4) is 0 Å². The molecule has 0 unspecified atom stereocenters. The van der Waals surface area contributed by atoms with Gasteiger partial charge in [0.15, 0.2) is 0 Å². The lowest BCUT2D eigenvalue weighted by Gasteiger charge is -2.60. The molecule has 0 bridgehead atoms. The van der Waals surface area contributed by atoms with Gasteiger partial charge < -0.3 is 55.6 Å². The summed E-state index contributed by atoms with van der Waals surface area (Å²) in [6.45, 7) is 2.41. The van der Waals surface area contributed by atoms with Gasteiger partial charge >= 0.3 is 0 Å². The largest absolute Gasteiger partial charge is 0.390 e. The summed E-state index contributed by atoms with van der Waals surface area (Å²) in [6, 6.07) is 2.57. The molecule has 1 saturated carbocycles. The Kier molecular flexibility index (Phi) is 6.95. The third-order valence-electron chi connectivity index (χ3n) is 7.00. The van der Waals surface area contributed by atoms with Crippen LogP contribution < -0.4 is 16.0 Å². The van der Waals surface area contributed by atoms with Crippen LogP contribution in [0.3, 0.4) is 0 Å². The van der Waals surface area contributed by atoms with Gasteiger partial charge in [-0.3, -0.25) is 0 Å². The average Bonchev–Trinajstić information content (AvgIpc) is 3.26. The molecule has 11 nitrogen and oxygen atoms in total. The van der Waals surface area contributed by atoms with Gasteiger partial charge in [0, 0.05) is 31.4 Å². The average molecular weight is 457 g/mol. The highest BCUT2D eigenvalue weighted by Gasteiger charge is 2.68. The van der Waals surface area contributed by atoms with Crippen molar-refractivity contribution in [2.24, 2.45) is 0 Å². The Balaban J connectivity index is 1.53. The second-order valence-electron chi connectivity index (χ2n) is 9.13. The van der Waals surface area contributed by atoms with Gasteiger partial charge in [-0.1, -0.05) is 0 Å². The van der Waals surface area contributed by atoms with Crippen LogP contribution in [-0.4, -0.2) is 113 Å². The van der Waals surface area contributed by atoms with E-state index in [4.69, 9.17) is 14.2 Å². The minimum absolute atomic E-state index is 0.0453. The third kappa shape index (κ3) is 4.00. The highest BCUT2D eigenvalue weighted by atomic mass is 16.8. The first kappa shape index (κ1) is 24.0. The number of rotatable bonds is 7. The lowest BCUT2D eigenvalue weighted by atomic mass is 9.77. The molecule has 2 saturated heterocycles. The van der Waals surface area contributed by atoms with Crippen LogP contribution in [0.15, 0.2) is 18.3 Å². The van der Waals surface area contributed by atoms with Gasteiger partial charge in [-0.05, 0) is 39.6 Å². The first-order valence-corrected chi connectivity index (χ1v) is 11.2. The van der Waals surface area contributed by atoms with Crippen molar-refractivity contribution in [1.29, 1.82) is 0 Å². The lowest BCUT2D eigenvalue weighted by Crippen LogP contribution is -2.81. The molecule has 0 radical (unpaired) electrons. The van der Waals surface area contributed by atoms with Gasteiger partial charge in [0.05, 0.1) is 24.3 Å². The van der Waals surface area contributed by atoms with Crippen LogP contribution in [0.5, 0.6) is 0 Å². The zero-order chi connectivity index (χ0) is 23.1. The molecule has 1 aromatic rings. The van der Waals surface area contributed by atoms with Crippen LogP contribution in [0.4, 0.5) is 0 Å². The summed E-state index contributed by atoms with van der Waals surface area (Å²) in [5.74, 6) is -2.19. The SMILES string of the molecule is CN[C@@H]1[C@H](O)[C@H](NC)[C@H]2O[C@]3(O)[C@H](O[C@@H]2[C@H]1O)O[C@H](C)C[C@@]3(O)CNCCc1ccc[nH]1. The van der Waals surface area contributed by atoms with E-state index in [1.807, 2.05) is 18.3 Å². The summed E-state index contributed by atoms with van der Waals surface area (Å²) < 4.78 is 17.9. The van der Waals surface area contributed by atoms with Crippen molar-refractivity contribution in [3.63, 3.8) is 0 Å². The number of H-pyrrole nitrogens is 1. The second kappa shape index (κ2) is 9.26. The Morgan fingerprint density at radius 1 is 1.09 bits per heavy atom. The summed E-state index contributed by atoms with van der Waals surface area (Å²) in [5, 5.41) is 53.8. The predicted molar refractivity (Wildman–Crippen MR) is 114 cm³/mol. The molecule has 0 spiro atoms. The Morgan fingerprint density at radius 3 is 2.50 bits per heavy atom. The van der Waals surface area contributed by atoms with E-state index in [2.05, 4.69) is 20.9 Å². The molecular weight excluding hydrogens is 420 g/mol. The molecule has 8 N–H and O–H groups in total. The summed E-state index contributed by atoms with van der Waals surface area (Å²) >= 11 is 0. The van der Waals surface area contributed by atoms with Gasteiger partial charge in [-0.25, -0.2) is 0 Å². The number of fused-ring (bicyclic) bond motifs is 2. The third-order valence-corrected chi connectivity index (χ3v) is 7.00. The number of likely N-dealkylation sites (N-methyl/N-ethyl adjacent to an activating group) is 2. The molecule has 3 aliphatic rings. The minimum Gasteiger partial charge on any atom is -0.390 e. The van der Waals surface area contributed by atoms with E-state index < -0.39 is 60.3 Å². The number of hydrogen-bond acceptors (Lipinski definition) is 10. The monoisotopic (exact) mass is 456 g/mol. The zero-order valence-electron chi connectivity index (χ0n) is 18.7. The first-order valence-electron chi connectivity index (χ1n) is 11.2. The van der Waals surface area contributed by atoms with Crippen molar-refractivity contribution in [1.82, 2.24) is 20.9 Å². The molecule has 0 amide bonds. The van der Waals surface area contributed by atoms with Gasteiger partial charge in [-0.2, -0.15) is 0 Å². The van der Waals surface area contributed by atoms with Crippen LogP contribution in [0, 0.1) is 0 Å². The van der Waals surface area contributed by atoms with E-state index in [-0.39, 0.29) is 13.0 Å². The summed E-state index contributed by atoms with van der Waals surface area (Å²) in [6.07, 6.45) is -2.95. The Bertz CT molecular complexity index is 755. The van der Waals surface area contributed by atoms with E-state index >= 15 is 0 Å². The van der Waals surface area contributed by atoms with E-state index in [0.29, 0.717) is 6.54 Å². The van der Waals surface area contributed by atoms with Crippen molar-refractivity contribution in [3.05, 3.63) is 24.0 Å². The van der Waals surface area contributed by atoms with E-state index in [1.54, 1.807) is 21.0 Å². The molecule has 11 heteroatoms. The van der Waals surface area contributed by atoms with Crippen molar-refractivity contribution in [2.75, 3.05) is 27.2 Å². The fraction of sp³-hybridized carbons (Fsp3) is 0.810. The fourth-order valence-corrected chi connectivity index (χ4v) is 5.27. The van der Waals surface area contributed by atoms with Gasteiger partial charge in [0.25, 0.3) is 0 Å². The minimum atomic E-state index is -2.19. The maximum Gasteiger partial charge on any atom is 0.249 e. The maximum atomic E-state index is 11.6. The van der Waals surface area contributed by atoms with Crippen molar-refractivity contribution < 1.29 is 34.6 Å². The number of aliphatic hydroxyl groups excluding tert-OH is 2. The normalized spacial score (nSPS) is 46.5. The molecule has 10 atom stereocenters. The van der Waals surface area contributed by atoms with E-state index in [9.17, 15) is 20.4 Å². The van der Waals surface area contributed by atoms with E-state index in [0.717, 1.165) is 12.1 Å². The molecule has 2 aliphatic heterocycles. The molecule has 32 heavy (non-hydrogen) atoms. The summed E-state index contributed by atoms with van der Waals surface area (Å²) in [7, 11) is 3.30. The van der Waals surface area contributed by atoms with Crippen LogP contribution in [0.25, 0.3) is 0 Å². The summed E-state index contributed by atoms with van der Waals surface area (Å²) in [5.41, 5.74) is -0.660. The van der Waals surface area contributed by atoms with Gasteiger partial charge in [-0.15, -0.1) is 0 Å². The lowest BCUT2D eigenvalue weighted by molar-refractivity contribution is -0.482. The Morgan fingerprint density at radius 2 is 1.84 bits per heavy atom. The van der Waals surface area contributed by atoms with E-state index in [1.165, 1.54) is 0 Å². The van der Waals surface area contributed by atoms with Crippen LogP contribution in [0.2, 0.25) is 0 Å². The van der Waals surface area contributed by atoms with Gasteiger partial charge in [0.1, 0.15) is 23.9 Å². The van der Waals surface area contributed by atoms with Crippen LogP contribution in [-0.2, 0) is 20.6 Å². The molecule has 3 fully saturated rings.